The molecule has 0 fully saturated rings. The molecule has 0 saturated carbocycles. The SMILES string of the molecule is Clc1cccc([C@@H]2NCCc3c2[nH]c2ccccc32)c1Cl. The lowest BCUT2D eigenvalue weighted by Gasteiger charge is -2.25. The lowest BCUT2D eigenvalue weighted by Crippen LogP contribution is -2.30. The van der Waals surface area contributed by atoms with Gasteiger partial charge in [0.25, 0.3) is 0 Å². The molecule has 2 N–H and O–H groups in total. The van der Waals surface area contributed by atoms with Gasteiger partial charge in [-0.25, -0.2) is 0 Å². The molecule has 106 valence electrons. The molecule has 4 rings (SSSR count). The van der Waals surface area contributed by atoms with Gasteiger partial charge in [0.05, 0.1) is 16.1 Å². The molecule has 2 nitrogen and oxygen atoms in total. The van der Waals surface area contributed by atoms with Crippen LogP contribution in [0.5, 0.6) is 0 Å². The standard InChI is InChI=1S/C17H14Cl2N2/c18-13-6-3-5-12(15(13)19)16-17-11(8-9-20-16)10-4-1-2-7-14(10)21-17/h1-7,16,20-21H,8-9H2/t16-/m0/s1. The van der Waals surface area contributed by atoms with Crippen LogP contribution in [0.15, 0.2) is 42.5 Å². The molecule has 2 heterocycles. The van der Waals surface area contributed by atoms with Crippen LogP contribution in [-0.2, 0) is 6.42 Å². The molecule has 0 radical (unpaired) electrons. The number of H-pyrrole nitrogens is 1. The van der Waals surface area contributed by atoms with E-state index in [0.29, 0.717) is 10.0 Å². The highest BCUT2D eigenvalue weighted by Crippen LogP contribution is 2.37. The summed E-state index contributed by atoms with van der Waals surface area (Å²) in [6.45, 7) is 0.933. The summed E-state index contributed by atoms with van der Waals surface area (Å²) in [6, 6.07) is 14.3. The van der Waals surface area contributed by atoms with Crippen LogP contribution in [0.1, 0.15) is 22.9 Å². The highest BCUT2D eigenvalue weighted by molar-refractivity contribution is 6.42. The maximum Gasteiger partial charge on any atom is 0.0747 e. The van der Waals surface area contributed by atoms with Crippen molar-refractivity contribution in [3.8, 4) is 0 Å². The van der Waals surface area contributed by atoms with E-state index < -0.39 is 0 Å². The molecule has 0 aliphatic carbocycles. The Bertz CT molecular complexity index is 823. The van der Waals surface area contributed by atoms with Gasteiger partial charge >= 0.3 is 0 Å². The van der Waals surface area contributed by atoms with Gasteiger partial charge in [0.2, 0.25) is 0 Å². The quantitative estimate of drug-likeness (QED) is 0.668. The molecular weight excluding hydrogens is 303 g/mol. The third-order valence-electron chi connectivity index (χ3n) is 4.15. The molecular formula is C17H14Cl2N2. The minimum absolute atomic E-state index is 0.0624. The maximum absolute atomic E-state index is 6.41. The van der Waals surface area contributed by atoms with E-state index in [9.17, 15) is 0 Å². The molecule has 0 bridgehead atoms. The molecule has 2 aromatic carbocycles. The van der Waals surface area contributed by atoms with Gasteiger partial charge in [0, 0.05) is 23.1 Å². The third kappa shape index (κ3) is 2.06. The van der Waals surface area contributed by atoms with Crippen LogP contribution in [0.2, 0.25) is 10.0 Å². The number of hydrogen-bond donors (Lipinski definition) is 2. The van der Waals surface area contributed by atoms with Crippen molar-refractivity contribution >= 4 is 34.1 Å². The van der Waals surface area contributed by atoms with Gasteiger partial charge in [0.1, 0.15) is 0 Å². The Morgan fingerprint density at radius 2 is 1.86 bits per heavy atom. The largest absolute Gasteiger partial charge is 0.357 e. The minimum atomic E-state index is 0.0624. The van der Waals surface area contributed by atoms with Crippen molar-refractivity contribution in [2.45, 2.75) is 12.5 Å². The second-order valence-electron chi connectivity index (χ2n) is 5.34. The van der Waals surface area contributed by atoms with Gasteiger partial charge in [0.15, 0.2) is 0 Å². The molecule has 3 aromatic rings. The lowest BCUT2D eigenvalue weighted by atomic mass is 9.94. The van der Waals surface area contributed by atoms with E-state index in [1.807, 2.05) is 18.2 Å². The van der Waals surface area contributed by atoms with E-state index in [1.165, 1.54) is 22.2 Å². The summed E-state index contributed by atoms with van der Waals surface area (Å²) in [6.07, 6.45) is 1.02. The van der Waals surface area contributed by atoms with E-state index in [2.05, 4.69) is 34.6 Å². The Morgan fingerprint density at radius 1 is 1.00 bits per heavy atom. The summed E-state index contributed by atoms with van der Waals surface area (Å²) in [4.78, 5) is 3.55. The minimum Gasteiger partial charge on any atom is -0.357 e. The number of benzene rings is 2. The fourth-order valence-electron chi connectivity index (χ4n) is 3.19. The van der Waals surface area contributed by atoms with Crippen molar-refractivity contribution in [2.24, 2.45) is 0 Å². The van der Waals surface area contributed by atoms with Crippen molar-refractivity contribution < 1.29 is 0 Å². The third-order valence-corrected chi connectivity index (χ3v) is 4.98. The number of rotatable bonds is 1. The second kappa shape index (κ2) is 5.06. The smallest absolute Gasteiger partial charge is 0.0747 e. The van der Waals surface area contributed by atoms with Crippen LogP contribution in [0, 0.1) is 0 Å². The predicted molar refractivity (Wildman–Crippen MR) is 88.3 cm³/mol. The highest BCUT2D eigenvalue weighted by atomic mass is 35.5. The molecule has 21 heavy (non-hydrogen) atoms. The van der Waals surface area contributed by atoms with Crippen molar-refractivity contribution in [1.29, 1.82) is 0 Å². The Hall–Kier alpha value is -1.48. The second-order valence-corrected chi connectivity index (χ2v) is 6.13. The molecule has 4 heteroatoms. The Kier molecular flexibility index (Phi) is 3.18. The van der Waals surface area contributed by atoms with Crippen molar-refractivity contribution in [3.05, 3.63) is 69.3 Å². The van der Waals surface area contributed by atoms with E-state index >= 15 is 0 Å². The van der Waals surface area contributed by atoms with Gasteiger partial charge in [-0.3, -0.25) is 0 Å². The lowest BCUT2D eigenvalue weighted by molar-refractivity contribution is 0.560. The number of aromatic amines is 1. The molecule has 1 aliphatic rings. The van der Waals surface area contributed by atoms with Gasteiger partial charge < -0.3 is 10.3 Å². The van der Waals surface area contributed by atoms with Crippen LogP contribution in [0.4, 0.5) is 0 Å². The van der Waals surface area contributed by atoms with E-state index in [-0.39, 0.29) is 6.04 Å². The molecule has 1 aromatic heterocycles. The van der Waals surface area contributed by atoms with Gasteiger partial charge in [-0.2, -0.15) is 0 Å². The Balaban J connectivity index is 1.92. The zero-order valence-corrected chi connectivity index (χ0v) is 12.8. The zero-order valence-electron chi connectivity index (χ0n) is 11.3. The molecule has 0 unspecified atom stereocenters. The molecule has 1 aliphatic heterocycles. The summed E-state index contributed by atoms with van der Waals surface area (Å²) in [5, 5.41) is 6.07. The van der Waals surface area contributed by atoms with Crippen molar-refractivity contribution in [3.63, 3.8) is 0 Å². The normalized spacial score (nSPS) is 17.9. The molecule has 0 saturated heterocycles. The van der Waals surface area contributed by atoms with Gasteiger partial charge in [-0.05, 0) is 29.7 Å². The number of aromatic nitrogens is 1. The molecule has 1 atom stereocenters. The first-order chi connectivity index (χ1) is 10.3. The van der Waals surface area contributed by atoms with E-state index in [1.54, 1.807) is 0 Å². The molecule has 0 amide bonds. The summed E-state index contributed by atoms with van der Waals surface area (Å²) in [7, 11) is 0. The summed E-state index contributed by atoms with van der Waals surface area (Å²) in [5.74, 6) is 0. The van der Waals surface area contributed by atoms with Gasteiger partial charge in [-0.1, -0.05) is 53.5 Å². The summed E-state index contributed by atoms with van der Waals surface area (Å²) < 4.78 is 0. The Morgan fingerprint density at radius 3 is 2.76 bits per heavy atom. The van der Waals surface area contributed by atoms with Gasteiger partial charge in [-0.15, -0.1) is 0 Å². The number of hydrogen-bond acceptors (Lipinski definition) is 1. The average molecular weight is 317 g/mol. The van der Waals surface area contributed by atoms with Crippen molar-refractivity contribution in [1.82, 2.24) is 10.3 Å². The maximum atomic E-state index is 6.41. The van der Waals surface area contributed by atoms with E-state index in [4.69, 9.17) is 23.2 Å². The number of fused-ring (bicyclic) bond motifs is 3. The van der Waals surface area contributed by atoms with Crippen LogP contribution in [0.25, 0.3) is 10.9 Å². The molecule has 0 spiro atoms. The monoisotopic (exact) mass is 316 g/mol. The summed E-state index contributed by atoms with van der Waals surface area (Å²) >= 11 is 12.6. The average Bonchev–Trinajstić information content (AvgIpc) is 2.89. The summed E-state index contributed by atoms with van der Waals surface area (Å²) in [5.41, 5.74) is 4.78. The van der Waals surface area contributed by atoms with Crippen LogP contribution in [0.3, 0.4) is 0 Å². The van der Waals surface area contributed by atoms with Crippen molar-refractivity contribution in [2.75, 3.05) is 6.54 Å². The number of halogens is 2. The first kappa shape index (κ1) is 13.2. The topological polar surface area (TPSA) is 27.8 Å². The number of nitrogens with one attached hydrogen (secondary N) is 2. The fourth-order valence-corrected chi connectivity index (χ4v) is 3.61. The Labute approximate surface area is 133 Å². The van der Waals surface area contributed by atoms with Crippen LogP contribution >= 0.6 is 23.2 Å². The zero-order chi connectivity index (χ0) is 14.4. The number of para-hydroxylation sites is 1. The first-order valence-corrected chi connectivity index (χ1v) is 7.78. The van der Waals surface area contributed by atoms with Crippen LogP contribution < -0.4 is 5.32 Å². The highest BCUT2D eigenvalue weighted by Gasteiger charge is 2.26. The predicted octanol–water partition coefficient (Wildman–Crippen LogP) is 4.71. The fraction of sp³-hybridized carbons (Fsp3) is 0.176. The van der Waals surface area contributed by atoms with Crippen LogP contribution in [-0.4, -0.2) is 11.5 Å². The van der Waals surface area contributed by atoms with E-state index in [0.717, 1.165) is 18.5 Å². The first-order valence-electron chi connectivity index (χ1n) is 7.02.